The molecule has 33 heavy (non-hydrogen) atoms. The summed E-state index contributed by atoms with van der Waals surface area (Å²) in [6.07, 6.45) is 4.14. The van der Waals surface area contributed by atoms with Gasteiger partial charge in [-0.05, 0) is 53.8 Å². The maximum absolute atomic E-state index is 13.5. The largest absolute Gasteiger partial charge is 0.454 e. The monoisotopic (exact) mass is 451 g/mol. The number of nitrogens with zero attached hydrogens (tertiary/aromatic N) is 3. The van der Waals surface area contributed by atoms with Gasteiger partial charge in [0.1, 0.15) is 11.6 Å². The number of hydrogen-bond acceptors (Lipinski definition) is 4. The van der Waals surface area contributed by atoms with Gasteiger partial charge in [0.25, 0.3) is 0 Å². The molecule has 0 N–H and O–H groups in total. The molecule has 0 saturated heterocycles. The van der Waals surface area contributed by atoms with E-state index in [1.54, 1.807) is 0 Å². The molecular formula is C27H34FN3O2. The lowest BCUT2D eigenvalue weighted by Crippen LogP contribution is -2.32. The molecule has 0 radical (unpaired) electrons. The molecule has 5 nitrogen and oxygen atoms in total. The van der Waals surface area contributed by atoms with Crippen molar-refractivity contribution in [3.8, 4) is 22.9 Å². The number of halogens is 1. The van der Waals surface area contributed by atoms with Crippen LogP contribution in [-0.4, -0.2) is 27.8 Å². The lowest BCUT2D eigenvalue weighted by molar-refractivity contribution is 0.171. The molecule has 1 aliphatic rings. The summed E-state index contributed by atoms with van der Waals surface area (Å²) >= 11 is 0. The molecule has 1 aliphatic heterocycles. The maximum atomic E-state index is 13.5. The van der Waals surface area contributed by atoms with Gasteiger partial charge in [-0.1, -0.05) is 40.2 Å². The van der Waals surface area contributed by atoms with Crippen molar-refractivity contribution in [1.29, 1.82) is 0 Å². The molecule has 0 unspecified atom stereocenters. The minimum atomic E-state index is -0.231. The van der Waals surface area contributed by atoms with Gasteiger partial charge in [0.2, 0.25) is 6.79 Å². The minimum Gasteiger partial charge on any atom is -0.454 e. The van der Waals surface area contributed by atoms with Gasteiger partial charge in [0, 0.05) is 31.7 Å². The number of hydrogen-bond donors (Lipinski definition) is 0. The van der Waals surface area contributed by atoms with Gasteiger partial charge in [-0.2, -0.15) is 0 Å². The highest BCUT2D eigenvalue weighted by atomic mass is 19.1. The van der Waals surface area contributed by atoms with E-state index in [0.29, 0.717) is 0 Å². The molecule has 0 saturated carbocycles. The van der Waals surface area contributed by atoms with Crippen molar-refractivity contribution < 1.29 is 13.9 Å². The molecule has 2 aromatic carbocycles. The van der Waals surface area contributed by atoms with Crippen molar-refractivity contribution in [2.45, 2.75) is 60.2 Å². The van der Waals surface area contributed by atoms with E-state index in [4.69, 9.17) is 14.5 Å². The summed E-state index contributed by atoms with van der Waals surface area (Å²) in [5, 5.41) is 0. The number of rotatable bonds is 9. The molecule has 4 rings (SSSR count). The highest BCUT2D eigenvalue weighted by Gasteiger charge is 2.21. The predicted octanol–water partition coefficient (Wildman–Crippen LogP) is 6.27. The third kappa shape index (κ3) is 5.93. The lowest BCUT2D eigenvalue weighted by Gasteiger charge is -2.30. The highest BCUT2D eigenvalue weighted by molar-refractivity contribution is 5.56. The Morgan fingerprint density at radius 2 is 1.79 bits per heavy atom. The Hall–Kier alpha value is -2.86. The highest BCUT2D eigenvalue weighted by Crippen LogP contribution is 2.33. The molecule has 0 spiro atoms. The van der Waals surface area contributed by atoms with E-state index in [2.05, 4.69) is 49.3 Å². The molecule has 0 atom stereocenters. The van der Waals surface area contributed by atoms with Gasteiger partial charge < -0.3 is 14.0 Å². The van der Waals surface area contributed by atoms with Crippen molar-refractivity contribution in [3.63, 3.8) is 0 Å². The Kier molecular flexibility index (Phi) is 7.03. The van der Waals surface area contributed by atoms with Crippen molar-refractivity contribution in [1.82, 2.24) is 14.5 Å². The fraction of sp³-hybridized carbons (Fsp3) is 0.444. The van der Waals surface area contributed by atoms with Gasteiger partial charge in [-0.25, -0.2) is 9.37 Å². The van der Waals surface area contributed by atoms with Crippen LogP contribution in [0.4, 0.5) is 4.39 Å². The predicted molar refractivity (Wildman–Crippen MR) is 129 cm³/mol. The summed E-state index contributed by atoms with van der Waals surface area (Å²) in [5.74, 6) is 2.29. The summed E-state index contributed by atoms with van der Waals surface area (Å²) in [4.78, 5) is 7.21. The fourth-order valence-electron chi connectivity index (χ4n) is 4.30. The van der Waals surface area contributed by atoms with Crippen LogP contribution in [0, 0.1) is 11.2 Å². The first-order chi connectivity index (χ1) is 15.8. The van der Waals surface area contributed by atoms with Gasteiger partial charge in [-0.15, -0.1) is 0 Å². The SMILES string of the molecule is CCCCn1c(CN(Cc2ccc3c(c2)OCO3)CC(C)(C)C)cnc1-c1ccc(F)cc1. The molecule has 0 fully saturated rings. The van der Waals surface area contributed by atoms with Crippen LogP contribution in [0.3, 0.4) is 0 Å². The quantitative estimate of drug-likeness (QED) is 0.385. The van der Waals surface area contributed by atoms with Crippen LogP contribution in [0.2, 0.25) is 0 Å². The van der Waals surface area contributed by atoms with Gasteiger partial charge >= 0.3 is 0 Å². The van der Waals surface area contributed by atoms with Crippen LogP contribution >= 0.6 is 0 Å². The molecule has 3 aromatic rings. The first kappa shape index (κ1) is 23.3. The minimum absolute atomic E-state index is 0.143. The summed E-state index contributed by atoms with van der Waals surface area (Å²) in [6.45, 7) is 12.7. The second-order valence-corrected chi connectivity index (χ2v) is 9.98. The van der Waals surface area contributed by atoms with E-state index in [-0.39, 0.29) is 18.0 Å². The smallest absolute Gasteiger partial charge is 0.231 e. The normalized spacial score (nSPS) is 13.2. The van der Waals surface area contributed by atoms with E-state index in [9.17, 15) is 4.39 Å². The zero-order valence-corrected chi connectivity index (χ0v) is 20.1. The van der Waals surface area contributed by atoms with E-state index < -0.39 is 0 Å². The van der Waals surface area contributed by atoms with Crippen LogP contribution in [0.25, 0.3) is 11.4 Å². The number of aromatic nitrogens is 2. The van der Waals surface area contributed by atoms with Crippen LogP contribution in [0.5, 0.6) is 11.5 Å². The van der Waals surface area contributed by atoms with Crippen LogP contribution in [-0.2, 0) is 19.6 Å². The lowest BCUT2D eigenvalue weighted by atomic mass is 9.95. The number of unbranched alkanes of at least 4 members (excludes halogenated alkanes) is 1. The van der Waals surface area contributed by atoms with Crippen molar-refractivity contribution in [3.05, 3.63) is 65.7 Å². The second-order valence-electron chi connectivity index (χ2n) is 9.98. The third-order valence-corrected chi connectivity index (χ3v) is 5.70. The molecule has 176 valence electrons. The number of imidazole rings is 1. The van der Waals surface area contributed by atoms with E-state index in [1.165, 1.54) is 23.4 Å². The number of benzene rings is 2. The Labute approximate surface area is 196 Å². The number of ether oxygens (including phenoxy) is 2. The maximum Gasteiger partial charge on any atom is 0.231 e. The van der Waals surface area contributed by atoms with Crippen molar-refractivity contribution in [2.75, 3.05) is 13.3 Å². The fourth-order valence-corrected chi connectivity index (χ4v) is 4.30. The van der Waals surface area contributed by atoms with Crippen molar-refractivity contribution in [2.24, 2.45) is 5.41 Å². The van der Waals surface area contributed by atoms with E-state index in [1.807, 2.05) is 24.4 Å². The van der Waals surface area contributed by atoms with Gasteiger partial charge in [0.05, 0.1) is 11.9 Å². The second kappa shape index (κ2) is 9.96. The van der Waals surface area contributed by atoms with Crippen LogP contribution < -0.4 is 9.47 Å². The average Bonchev–Trinajstić information content (AvgIpc) is 3.38. The molecule has 6 heteroatoms. The standard InChI is InChI=1S/C27H34FN3O2/c1-5-6-13-31-23(15-29-26(31)21-8-10-22(28)11-9-21)17-30(18-27(2,3)4)16-20-7-12-24-25(14-20)33-19-32-24/h7-12,14-15H,5-6,13,16-19H2,1-4H3. The molecule has 2 heterocycles. The van der Waals surface area contributed by atoms with Crippen molar-refractivity contribution >= 4 is 0 Å². The average molecular weight is 452 g/mol. The van der Waals surface area contributed by atoms with Crippen LogP contribution in [0.15, 0.2) is 48.7 Å². The third-order valence-electron chi connectivity index (χ3n) is 5.70. The number of fused-ring (bicyclic) bond motifs is 1. The topological polar surface area (TPSA) is 39.5 Å². The summed E-state index contributed by atoms with van der Waals surface area (Å²) in [6, 6.07) is 12.8. The molecule has 0 bridgehead atoms. The van der Waals surface area contributed by atoms with Gasteiger partial charge in [-0.3, -0.25) is 4.90 Å². The van der Waals surface area contributed by atoms with E-state index >= 15 is 0 Å². The molecular weight excluding hydrogens is 417 g/mol. The summed E-state index contributed by atoms with van der Waals surface area (Å²) < 4.78 is 26.8. The first-order valence-corrected chi connectivity index (χ1v) is 11.7. The Bertz CT molecular complexity index is 1070. The molecule has 0 amide bonds. The molecule has 1 aromatic heterocycles. The van der Waals surface area contributed by atoms with Gasteiger partial charge in [0.15, 0.2) is 11.5 Å². The Morgan fingerprint density at radius 3 is 2.52 bits per heavy atom. The zero-order valence-electron chi connectivity index (χ0n) is 20.1. The summed E-state index contributed by atoms with van der Waals surface area (Å²) in [5.41, 5.74) is 3.45. The summed E-state index contributed by atoms with van der Waals surface area (Å²) in [7, 11) is 0. The van der Waals surface area contributed by atoms with E-state index in [0.717, 1.165) is 61.9 Å². The van der Waals surface area contributed by atoms with Crippen LogP contribution in [0.1, 0.15) is 51.8 Å². The first-order valence-electron chi connectivity index (χ1n) is 11.7. The Morgan fingerprint density at radius 1 is 1.03 bits per heavy atom. The molecule has 0 aliphatic carbocycles. The Balaban J connectivity index is 1.61. The zero-order chi connectivity index (χ0) is 23.4.